The number of nitrogens with zero attached hydrogens (tertiary/aromatic N) is 3. The number of likely N-dealkylation sites (tertiary alicyclic amines) is 1. The fourth-order valence-corrected chi connectivity index (χ4v) is 4.38. The van der Waals surface area contributed by atoms with Crippen LogP contribution in [0.4, 0.5) is 0 Å². The number of hydrogen-bond donors (Lipinski definition) is 1. The van der Waals surface area contributed by atoms with Crippen molar-refractivity contribution >= 4 is 11.8 Å². The summed E-state index contributed by atoms with van der Waals surface area (Å²) in [5, 5.41) is 3.07. The van der Waals surface area contributed by atoms with E-state index < -0.39 is 0 Å². The molecule has 2 aromatic rings. The second-order valence-electron chi connectivity index (χ2n) is 8.66. The molecule has 3 aliphatic rings. The highest BCUT2D eigenvalue weighted by Gasteiger charge is 2.32. The summed E-state index contributed by atoms with van der Waals surface area (Å²) in [4.78, 5) is 31.7. The maximum absolute atomic E-state index is 13.1. The molecule has 0 bridgehead atoms. The summed E-state index contributed by atoms with van der Waals surface area (Å²) in [5.41, 5.74) is 2.46. The van der Waals surface area contributed by atoms with E-state index in [9.17, 15) is 9.59 Å². The first-order valence-corrected chi connectivity index (χ1v) is 11.0. The van der Waals surface area contributed by atoms with E-state index in [2.05, 4.69) is 22.4 Å². The lowest BCUT2D eigenvalue weighted by Gasteiger charge is -2.31. The molecule has 2 fully saturated rings. The number of aromatic nitrogens is 2. The number of fused-ring (bicyclic) bond motifs is 1. The number of hydrogen-bond acceptors (Lipinski definition) is 4. The fourth-order valence-electron chi connectivity index (χ4n) is 4.38. The molecule has 1 aromatic carbocycles. The minimum atomic E-state index is -0.0534. The van der Waals surface area contributed by atoms with Gasteiger partial charge in [-0.25, -0.2) is 4.98 Å². The lowest BCUT2D eigenvalue weighted by atomic mass is 9.95. The second kappa shape index (κ2) is 8.22. The van der Waals surface area contributed by atoms with Gasteiger partial charge in [0, 0.05) is 25.6 Å². The number of piperidine rings is 1. The third-order valence-corrected chi connectivity index (χ3v) is 6.52. The zero-order valence-electron chi connectivity index (χ0n) is 17.1. The van der Waals surface area contributed by atoms with Crippen molar-refractivity contribution in [3.05, 3.63) is 53.6 Å². The molecule has 3 heterocycles. The van der Waals surface area contributed by atoms with E-state index in [1.54, 1.807) is 6.33 Å². The molecule has 158 valence electrons. The molecule has 30 heavy (non-hydrogen) atoms. The molecule has 7 nitrogen and oxygen atoms in total. The Morgan fingerprint density at radius 1 is 1.10 bits per heavy atom. The zero-order valence-corrected chi connectivity index (χ0v) is 17.1. The molecule has 1 saturated carbocycles. The van der Waals surface area contributed by atoms with E-state index in [1.807, 2.05) is 27.7 Å². The van der Waals surface area contributed by atoms with E-state index >= 15 is 0 Å². The molecule has 1 aromatic heterocycles. The number of benzene rings is 1. The van der Waals surface area contributed by atoms with E-state index in [0.29, 0.717) is 50.7 Å². The zero-order chi connectivity index (χ0) is 20.5. The molecular formula is C23H28N4O3. The van der Waals surface area contributed by atoms with E-state index in [-0.39, 0.29) is 23.8 Å². The van der Waals surface area contributed by atoms with Gasteiger partial charge < -0.3 is 19.5 Å². The fraction of sp³-hybridized carbons (Fsp3) is 0.522. The number of nitrogens with one attached hydrogen (secondary N) is 1. The van der Waals surface area contributed by atoms with Crippen molar-refractivity contribution in [1.82, 2.24) is 19.8 Å². The van der Waals surface area contributed by atoms with Crippen LogP contribution in [-0.2, 0) is 22.7 Å². The van der Waals surface area contributed by atoms with Gasteiger partial charge in [0.2, 0.25) is 5.91 Å². The van der Waals surface area contributed by atoms with Crippen LogP contribution in [0.15, 0.2) is 36.7 Å². The molecule has 0 unspecified atom stereocenters. The highest BCUT2D eigenvalue weighted by atomic mass is 16.5. The maximum Gasteiger partial charge on any atom is 0.274 e. The summed E-state index contributed by atoms with van der Waals surface area (Å²) < 4.78 is 8.08. The Morgan fingerprint density at radius 2 is 1.87 bits per heavy atom. The first kappa shape index (κ1) is 19.3. The molecule has 1 atom stereocenters. The van der Waals surface area contributed by atoms with E-state index in [4.69, 9.17) is 4.74 Å². The summed E-state index contributed by atoms with van der Waals surface area (Å²) in [5.74, 6) is 0.793. The van der Waals surface area contributed by atoms with Gasteiger partial charge in [-0.2, -0.15) is 0 Å². The molecule has 1 saturated heterocycles. The summed E-state index contributed by atoms with van der Waals surface area (Å²) in [6.45, 7) is 3.03. The molecule has 0 radical (unpaired) electrons. The van der Waals surface area contributed by atoms with Gasteiger partial charge in [-0.3, -0.25) is 9.59 Å². The average molecular weight is 409 g/mol. The van der Waals surface area contributed by atoms with Crippen LogP contribution >= 0.6 is 0 Å². The molecule has 0 spiro atoms. The number of rotatable bonds is 5. The Bertz CT molecular complexity index is 914. The number of carbonyl (C=O) groups excluding carboxylic acids is 2. The SMILES string of the molecule is O=C(NCC1CC1)C1CCN(C(=O)c2ncn3c2CO[C@H](c2ccccc2)C3)CC1. The molecule has 1 aliphatic carbocycles. The maximum atomic E-state index is 13.1. The number of ether oxygens (including phenoxy) is 1. The van der Waals surface area contributed by atoms with Gasteiger partial charge in [0.25, 0.3) is 5.91 Å². The van der Waals surface area contributed by atoms with Crippen LogP contribution in [0.5, 0.6) is 0 Å². The third-order valence-electron chi connectivity index (χ3n) is 6.52. The predicted molar refractivity (Wildman–Crippen MR) is 111 cm³/mol. The molecule has 1 N–H and O–H groups in total. The molecule has 5 rings (SSSR count). The number of carbonyl (C=O) groups is 2. The van der Waals surface area contributed by atoms with Crippen molar-refractivity contribution in [3.63, 3.8) is 0 Å². The van der Waals surface area contributed by atoms with Crippen LogP contribution in [0.1, 0.15) is 53.5 Å². The van der Waals surface area contributed by atoms with Crippen LogP contribution in [0.25, 0.3) is 0 Å². The van der Waals surface area contributed by atoms with Crippen molar-refractivity contribution in [2.24, 2.45) is 11.8 Å². The van der Waals surface area contributed by atoms with Crippen molar-refractivity contribution in [1.29, 1.82) is 0 Å². The Hall–Kier alpha value is -2.67. The quantitative estimate of drug-likeness (QED) is 0.825. The highest BCUT2D eigenvalue weighted by Crippen LogP contribution is 2.29. The Balaban J connectivity index is 1.19. The second-order valence-corrected chi connectivity index (χ2v) is 8.66. The van der Waals surface area contributed by atoms with Crippen LogP contribution in [-0.4, -0.2) is 45.9 Å². The Kier molecular flexibility index (Phi) is 5.29. The summed E-state index contributed by atoms with van der Waals surface area (Å²) >= 11 is 0. The summed E-state index contributed by atoms with van der Waals surface area (Å²) in [7, 11) is 0. The summed E-state index contributed by atoms with van der Waals surface area (Å²) in [6.07, 6.45) is 5.62. The van der Waals surface area contributed by atoms with Crippen LogP contribution in [0.2, 0.25) is 0 Å². The van der Waals surface area contributed by atoms with E-state index in [1.165, 1.54) is 12.8 Å². The smallest absolute Gasteiger partial charge is 0.274 e. The van der Waals surface area contributed by atoms with Crippen LogP contribution < -0.4 is 5.32 Å². The highest BCUT2D eigenvalue weighted by molar-refractivity contribution is 5.93. The van der Waals surface area contributed by atoms with Gasteiger partial charge >= 0.3 is 0 Å². The summed E-state index contributed by atoms with van der Waals surface area (Å²) in [6, 6.07) is 10.1. The standard InChI is InChI=1S/C23H28N4O3/c28-22(24-12-16-6-7-16)18-8-10-26(11-9-18)23(29)21-19-14-30-20(13-27(19)15-25-21)17-4-2-1-3-5-17/h1-5,15-16,18,20H,6-14H2,(H,24,28)/t20-/m0/s1. The molecule has 2 amide bonds. The van der Waals surface area contributed by atoms with Gasteiger partial charge in [-0.05, 0) is 37.2 Å². The Morgan fingerprint density at radius 3 is 2.60 bits per heavy atom. The molecular weight excluding hydrogens is 380 g/mol. The normalized spacial score (nSPS) is 21.9. The number of amides is 2. The van der Waals surface area contributed by atoms with Crippen molar-refractivity contribution < 1.29 is 14.3 Å². The van der Waals surface area contributed by atoms with Crippen LogP contribution in [0, 0.1) is 11.8 Å². The van der Waals surface area contributed by atoms with Gasteiger partial charge in [0.15, 0.2) is 5.69 Å². The monoisotopic (exact) mass is 408 g/mol. The Labute approximate surface area is 176 Å². The van der Waals surface area contributed by atoms with Gasteiger partial charge in [0.1, 0.15) is 6.10 Å². The van der Waals surface area contributed by atoms with Crippen LogP contribution in [0.3, 0.4) is 0 Å². The molecule has 7 heteroatoms. The van der Waals surface area contributed by atoms with Crippen molar-refractivity contribution in [2.75, 3.05) is 19.6 Å². The van der Waals surface area contributed by atoms with E-state index in [0.717, 1.165) is 17.8 Å². The first-order valence-electron chi connectivity index (χ1n) is 11.0. The lowest BCUT2D eigenvalue weighted by Crippen LogP contribution is -2.43. The lowest BCUT2D eigenvalue weighted by molar-refractivity contribution is -0.126. The minimum Gasteiger partial charge on any atom is -0.365 e. The van der Waals surface area contributed by atoms with Gasteiger partial charge in [-0.15, -0.1) is 0 Å². The largest absolute Gasteiger partial charge is 0.365 e. The van der Waals surface area contributed by atoms with Gasteiger partial charge in [-0.1, -0.05) is 30.3 Å². The molecule has 2 aliphatic heterocycles. The average Bonchev–Trinajstić information content (AvgIpc) is 3.54. The van der Waals surface area contributed by atoms with Gasteiger partial charge in [0.05, 0.1) is 25.2 Å². The first-order chi connectivity index (χ1) is 14.7. The van der Waals surface area contributed by atoms with Crippen molar-refractivity contribution in [2.45, 2.75) is 44.9 Å². The topological polar surface area (TPSA) is 76.5 Å². The third kappa shape index (κ3) is 3.99. The van der Waals surface area contributed by atoms with Crippen molar-refractivity contribution in [3.8, 4) is 0 Å². The minimum absolute atomic E-state index is 0.0127. The number of imidazole rings is 1. The predicted octanol–water partition coefficient (Wildman–Crippen LogP) is 2.53.